The molecule has 2 N–H and O–H groups in total. The Kier molecular flexibility index (Phi) is 4.46. The van der Waals surface area contributed by atoms with Crippen molar-refractivity contribution in [1.82, 2.24) is 4.98 Å². The van der Waals surface area contributed by atoms with Crippen LogP contribution in [0.3, 0.4) is 0 Å². The standard InChI is InChI=1S/C16H26N2O/c1-10-5-6-14(17)13(7-10)8-15-12(3)16(19-4)11(2)9-18-15/h9-10,13-14H,5-8,17H2,1-4H3. The molecule has 1 aliphatic carbocycles. The van der Waals surface area contributed by atoms with Gasteiger partial charge in [0.2, 0.25) is 0 Å². The molecule has 1 aromatic rings. The van der Waals surface area contributed by atoms with Crippen LogP contribution in [0.2, 0.25) is 0 Å². The Labute approximate surface area is 116 Å². The molecule has 0 radical (unpaired) electrons. The predicted octanol–water partition coefficient (Wildman–Crippen LogP) is 3.01. The van der Waals surface area contributed by atoms with Gasteiger partial charge in [0.15, 0.2) is 0 Å². The fourth-order valence-electron chi connectivity index (χ4n) is 3.28. The molecular formula is C16H26N2O. The molecule has 106 valence electrons. The highest BCUT2D eigenvalue weighted by Gasteiger charge is 2.27. The lowest BCUT2D eigenvalue weighted by Gasteiger charge is -2.32. The lowest BCUT2D eigenvalue weighted by molar-refractivity contribution is 0.243. The highest BCUT2D eigenvalue weighted by Crippen LogP contribution is 2.32. The quantitative estimate of drug-likeness (QED) is 0.911. The minimum absolute atomic E-state index is 0.324. The van der Waals surface area contributed by atoms with Crippen LogP contribution in [-0.2, 0) is 6.42 Å². The fourth-order valence-corrected chi connectivity index (χ4v) is 3.28. The molecule has 0 amide bonds. The lowest BCUT2D eigenvalue weighted by atomic mass is 9.76. The minimum Gasteiger partial charge on any atom is -0.496 e. The zero-order valence-corrected chi connectivity index (χ0v) is 12.6. The van der Waals surface area contributed by atoms with Gasteiger partial charge in [0.05, 0.1) is 7.11 Å². The third kappa shape index (κ3) is 3.08. The van der Waals surface area contributed by atoms with Gasteiger partial charge in [-0.1, -0.05) is 6.92 Å². The van der Waals surface area contributed by atoms with E-state index in [9.17, 15) is 0 Å². The number of methoxy groups -OCH3 is 1. The highest BCUT2D eigenvalue weighted by molar-refractivity contribution is 5.41. The molecule has 3 atom stereocenters. The van der Waals surface area contributed by atoms with Gasteiger partial charge in [-0.25, -0.2) is 0 Å². The van der Waals surface area contributed by atoms with Gasteiger partial charge in [-0.3, -0.25) is 4.98 Å². The maximum Gasteiger partial charge on any atom is 0.128 e. The van der Waals surface area contributed by atoms with Crippen LogP contribution >= 0.6 is 0 Å². The second kappa shape index (κ2) is 5.91. The van der Waals surface area contributed by atoms with Crippen LogP contribution in [0.4, 0.5) is 0 Å². The van der Waals surface area contributed by atoms with Crippen molar-refractivity contribution in [3.05, 3.63) is 23.0 Å². The SMILES string of the molecule is COc1c(C)cnc(CC2CC(C)CCC2N)c1C. The molecular weight excluding hydrogens is 236 g/mol. The van der Waals surface area contributed by atoms with Gasteiger partial charge in [-0.2, -0.15) is 0 Å². The molecule has 3 nitrogen and oxygen atoms in total. The molecule has 1 saturated carbocycles. The lowest BCUT2D eigenvalue weighted by Crippen LogP contribution is -2.37. The molecule has 0 spiro atoms. The summed E-state index contributed by atoms with van der Waals surface area (Å²) in [6, 6.07) is 0.324. The van der Waals surface area contributed by atoms with Crippen molar-refractivity contribution < 1.29 is 4.74 Å². The average Bonchev–Trinajstić information content (AvgIpc) is 2.38. The van der Waals surface area contributed by atoms with Gasteiger partial charge < -0.3 is 10.5 Å². The number of nitrogens with two attached hydrogens (primary N) is 1. The Balaban J connectivity index is 2.19. The molecule has 3 unspecified atom stereocenters. The second-order valence-corrected chi connectivity index (χ2v) is 6.09. The van der Waals surface area contributed by atoms with Crippen molar-refractivity contribution >= 4 is 0 Å². The van der Waals surface area contributed by atoms with Crippen molar-refractivity contribution in [2.75, 3.05) is 7.11 Å². The molecule has 2 rings (SSSR count). The van der Waals surface area contributed by atoms with E-state index in [4.69, 9.17) is 10.5 Å². The van der Waals surface area contributed by atoms with Crippen LogP contribution < -0.4 is 10.5 Å². The Bertz CT molecular complexity index is 445. The number of aromatic nitrogens is 1. The predicted molar refractivity (Wildman–Crippen MR) is 78.4 cm³/mol. The van der Waals surface area contributed by atoms with E-state index in [1.807, 2.05) is 13.1 Å². The summed E-state index contributed by atoms with van der Waals surface area (Å²) in [5.41, 5.74) is 9.71. The van der Waals surface area contributed by atoms with Gasteiger partial charge in [0.25, 0.3) is 0 Å². The molecule has 0 aliphatic heterocycles. The van der Waals surface area contributed by atoms with Crippen molar-refractivity contribution in [3.63, 3.8) is 0 Å². The summed E-state index contributed by atoms with van der Waals surface area (Å²) in [7, 11) is 1.73. The van der Waals surface area contributed by atoms with Crippen LogP contribution in [0.1, 0.15) is 43.0 Å². The van der Waals surface area contributed by atoms with Crippen LogP contribution in [-0.4, -0.2) is 18.1 Å². The number of aryl methyl sites for hydroxylation is 1. The zero-order chi connectivity index (χ0) is 14.0. The third-order valence-electron chi connectivity index (χ3n) is 4.51. The van der Waals surface area contributed by atoms with E-state index in [1.165, 1.54) is 18.4 Å². The molecule has 1 aliphatic rings. The second-order valence-electron chi connectivity index (χ2n) is 6.09. The number of ether oxygens (including phenoxy) is 1. The number of nitrogens with zero attached hydrogens (tertiary/aromatic N) is 1. The molecule has 1 heterocycles. The first-order valence-electron chi connectivity index (χ1n) is 7.27. The Morgan fingerprint density at radius 2 is 2.11 bits per heavy atom. The van der Waals surface area contributed by atoms with E-state index < -0.39 is 0 Å². The van der Waals surface area contributed by atoms with Gasteiger partial charge in [-0.15, -0.1) is 0 Å². The fraction of sp³-hybridized carbons (Fsp3) is 0.688. The van der Waals surface area contributed by atoms with Crippen LogP contribution in [0, 0.1) is 25.7 Å². The zero-order valence-electron chi connectivity index (χ0n) is 12.6. The van der Waals surface area contributed by atoms with Gasteiger partial charge >= 0.3 is 0 Å². The number of hydrogen-bond acceptors (Lipinski definition) is 3. The Hall–Kier alpha value is -1.09. The largest absolute Gasteiger partial charge is 0.496 e. The first-order valence-corrected chi connectivity index (χ1v) is 7.27. The van der Waals surface area contributed by atoms with Gasteiger partial charge in [0.1, 0.15) is 5.75 Å². The van der Waals surface area contributed by atoms with E-state index in [0.717, 1.165) is 35.8 Å². The topological polar surface area (TPSA) is 48.1 Å². The molecule has 0 aromatic carbocycles. The minimum atomic E-state index is 0.324. The maximum atomic E-state index is 6.28. The molecule has 1 fully saturated rings. The van der Waals surface area contributed by atoms with Gasteiger partial charge in [0, 0.05) is 29.1 Å². The molecule has 1 aromatic heterocycles. The highest BCUT2D eigenvalue weighted by atomic mass is 16.5. The maximum absolute atomic E-state index is 6.28. The average molecular weight is 262 g/mol. The number of hydrogen-bond donors (Lipinski definition) is 1. The van der Waals surface area contributed by atoms with Crippen molar-refractivity contribution in [1.29, 1.82) is 0 Å². The summed E-state index contributed by atoms with van der Waals surface area (Å²) in [4.78, 5) is 4.60. The van der Waals surface area contributed by atoms with E-state index in [-0.39, 0.29) is 0 Å². The smallest absolute Gasteiger partial charge is 0.128 e. The number of pyridine rings is 1. The van der Waals surface area contributed by atoms with E-state index >= 15 is 0 Å². The Morgan fingerprint density at radius 3 is 2.79 bits per heavy atom. The van der Waals surface area contributed by atoms with Crippen LogP contribution in [0.25, 0.3) is 0 Å². The number of rotatable bonds is 3. The van der Waals surface area contributed by atoms with Crippen molar-refractivity contribution in [3.8, 4) is 5.75 Å². The van der Waals surface area contributed by atoms with Crippen molar-refractivity contribution in [2.24, 2.45) is 17.6 Å². The van der Waals surface area contributed by atoms with E-state index in [1.54, 1.807) is 7.11 Å². The molecule has 19 heavy (non-hydrogen) atoms. The van der Waals surface area contributed by atoms with Crippen molar-refractivity contribution in [2.45, 2.75) is 52.5 Å². The normalized spacial score (nSPS) is 27.3. The summed E-state index contributed by atoms with van der Waals surface area (Å²) in [5.74, 6) is 2.32. The van der Waals surface area contributed by atoms with Crippen LogP contribution in [0.5, 0.6) is 5.75 Å². The van der Waals surface area contributed by atoms with Crippen LogP contribution in [0.15, 0.2) is 6.20 Å². The molecule has 0 bridgehead atoms. The first kappa shape index (κ1) is 14.3. The summed E-state index contributed by atoms with van der Waals surface area (Å²) in [6.45, 7) is 6.47. The van der Waals surface area contributed by atoms with E-state index in [0.29, 0.717) is 12.0 Å². The molecule has 3 heteroatoms. The summed E-state index contributed by atoms with van der Waals surface area (Å²) in [5, 5.41) is 0. The molecule has 0 saturated heterocycles. The monoisotopic (exact) mass is 262 g/mol. The van der Waals surface area contributed by atoms with Gasteiger partial charge in [-0.05, 0) is 51.4 Å². The first-order chi connectivity index (χ1) is 9.02. The summed E-state index contributed by atoms with van der Waals surface area (Å²) >= 11 is 0. The third-order valence-corrected chi connectivity index (χ3v) is 4.51. The summed E-state index contributed by atoms with van der Waals surface area (Å²) < 4.78 is 5.48. The Morgan fingerprint density at radius 1 is 1.37 bits per heavy atom. The van der Waals surface area contributed by atoms with E-state index in [2.05, 4.69) is 18.8 Å². The summed E-state index contributed by atoms with van der Waals surface area (Å²) in [6.07, 6.45) is 6.53.